The van der Waals surface area contributed by atoms with Crippen LogP contribution in [0.25, 0.3) is 10.9 Å². The van der Waals surface area contributed by atoms with Gasteiger partial charge in [-0.1, -0.05) is 51.1 Å². The first-order chi connectivity index (χ1) is 17.5. The number of hydrogen-bond acceptors (Lipinski definition) is 4. The van der Waals surface area contributed by atoms with Crippen molar-refractivity contribution in [2.45, 2.75) is 51.9 Å². The summed E-state index contributed by atoms with van der Waals surface area (Å²) in [5.74, 6) is -0.932. The number of carbonyl (C=O) groups excluding carboxylic acids is 3. The van der Waals surface area contributed by atoms with Crippen LogP contribution in [0.15, 0.2) is 48.5 Å². The SMILES string of the molecule is CC(C)(C)[C@H](NC(=O)c1nn(Cc2ccc(F)cc2)c2ccccc12)C(=O)N1C[C@H]2C[C@@H]1CN2C(N)=O. The van der Waals surface area contributed by atoms with Crippen LogP contribution in [0, 0.1) is 11.2 Å². The van der Waals surface area contributed by atoms with Crippen LogP contribution in [-0.2, 0) is 11.3 Å². The lowest BCUT2D eigenvalue weighted by Gasteiger charge is -2.38. The molecule has 1 aromatic heterocycles. The Morgan fingerprint density at radius 1 is 1.05 bits per heavy atom. The molecule has 0 aliphatic carbocycles. The summed E-state index contributed by atoms with van der Waals surface area (Å²) in [5.41, 5.74) is 6.74. The maximum absolute atomic E-state index is 13.7. The van der Waals surface area contributed by atoms with Crippen LogP contribution in [0.4, 0.5) is 9.18 Å². The van der Waals surface area contributed by atoms with Gasteiger partial charge in [-0.05, 0) is 35.6 Å². The molecule has 3 atom stereocenters. The molecule has 5 rings (SSSR count). The third-order valence-corrected chi connectivity index (χ3v) is 7.31. The minimum absolute atomic E-state index is 0.0890. The Balaban J connectivity index is 1.39. The molecule has 9 nitrogen and oxygen atoms in total. The van der Waals surface area contributed by atoms with Gasteiger partial charge in [0, 0.05) is 18.5 Å². The Kier molecular flexibility index (Phi) is 6.13. The average molecular weight is 507 g/mol. The van der Waals surface area contributed by atoms with Crippen molar-refractivity contribution in [1.29, 1.82) is 0 Å². The lowest BCUT2D eigenvalue weighted by Crippen LogP contribution is -2.59. The summed E-state index contributed by atoms with van der Waals surface area (Å²) in [6.45, 7) is 6.91. The average Bonchev–Trinajstić information content (AvgIpc) is 3.56. The highest BCUT2D eigenvalue weighted by Gasteiger charge is 2.49. The lowest BCUT2D eigenvalue weighted by atomic mass is 9.85. The molecule has 3 heterocycles. The molecule has 0 unspecified atom stereocenters. The zero-order valence-corrected chi connectivity index (χ0v) is 21.1. The van der Waals surface area contributed by atoms with Crippen LogP contribution in [0.1, 0.15) is 43.2 Å². The molecule has 4 amide bonds. The number of urea groups is 1. The van der Waals surface area contributed by atoms with Gasteiger partial charge in [-0.2, -0.15) is 5.10 Å². The lowest BCUT2D eigenvalue weighted by molar-refractivity contribution is -0.137. The topological polar surface area (TPSA) is 114 Å². The van der Waals surface area contributed by atoms with E-state index in [1.165, 1.54) is 12.1 Å². The van der Waals surface area contributed by atoms with Gasteiger partial charge >= 0.3 is 6.03 Å². The van der Waals surface area contributed by atoms with Gasteiger partial charge in [0.1, 0.15) is 11.9 Å². The normalized spacial score (nSPS) is 19.9. The Bertz CT molecular complexity index is 1360. The van der Waals surface area contributed by atoms with Crippen molar-refractivity contribution in [2.75, 3.05) is 13.1 Å². The van der Waals surface area contributed by atoms with Crippen molar-refractivity contribution in [3.63, 3.8) is 0 Å². The van der Waals surface area contributed by atoms with Crippen LogP contribution in [0.3, 0.4) is 0 Å². The van der Waals surface area contributed by atoms with E-state index in [1.54, 1.807) is 26.6 Å². The van der Waals surface area contributed by atoms with E-state index in [0.29, 0.717) is 31.4 Å². The number of aromatic nitrogens is 2. The summed E-state index contributed by atoms with van der Waals surface area (Å²) in [4.78, 5) is 42.3. The molecule has 194 valence electrons. The number of primary amides is 1. The van der Waals surface area contributed by atoms with E-state index in [9.17, 15) is 18.8 Å². The second-order valence-electron chi connectivity index (χ2n) is 10.9. The van der Waals surface area contributed by atoms with Crippen LogP contribution in [0.5, 0.6) is 0 Å². The molecule has 2 bridgehead atoms. The summed E-state index contributed by atoms with van der Waals surface area (Å²) in [6.07, 6.45) is 0.692. The van der Waals surface area contributed by atoms with Gasteiger partial charge in [-0.15, -0.1) is 0 Å². The number of hydrogen-bond donors (Lipinski definition) is 2. The second kappa shape index (κ2) is 9.17. The predicted molar refractivity (Wildman–Crippen MR) is 136 cm³/mol. The van der Waals surface area contributed by atoms with E-state index in [4.69, 9.17) is 5.73 Å². The number of benzene rings is 2. The van der Waals surface area contributed by atoms with Crippen LogP contribution in [-0.4, -0.2) is 68.6 Å². The molecule has 0 saturated carbocycles. The van der Waals surface area contributed by atoms with E-state index in [2.05, 4.69) is 10.4 Å². The second-order valence-corrected chi connectivity index (χ2v) is 10.9. The number of carbonyl (C=O) groups is 3. The highest BCUT2D eigenvalue weighted by molar-refractivity contribution is 6.06. The quantitative estimate of drug-likeness (QED) is 0.554. The molecule has 0 radical (unpaired) electrons. The van der Waals surface area contributed by atoms with Gasteiger partial charge in [0.05, 0.1) is 24.1 Å². The number of halogens is 1. The largest absolute Gasteiger partial charge is 0.351 e. The van der Waals surface area contributed by atoms with Crippen LogP contribution >= 0.6 is 0 Å². The van der Waals surface area contributed by atoms with Crippen molar-refractivity contribution < 1.29 is 18.8 Å². The number of likely N-dealkylation sites (tertiary alicyclic amines) is 2. The third-order valence-electron chi connectivity index (χ3n) is 7.31. The van der Waals surface area contributed by atoms with Gasteiger partial charge in [0.2, 0.25) is 5.91 Å². The standard InChI is InChI=1S/C27H31FN6O3/c1-27(2,3)23(25(36)32-14-19-12-18(32)15-33(19)26(29)37)30-24(35)22-20-6-4-5-7-21(20)34(31-22)13-16-8-10-17(28)11-9-16/h4-11,18-19,23H,12-15H2,1-3H3,(H2,29,37)(H,30,35)/t18-,19-,23-/m1/s1. The molecule has 2 aliphatic heterocycles. The number of amides is 4. The predicted octanol–water partition coefficient (Wildman–Crippen LogP) is 2.73. The fraction of sp³-hybridized carbons (Fsp3) is 0.407. The third kappa shape index (κ3) is 4.63. The van der Waals surface area contributed by atoms with Crippen molar-refractivity contribution >= 4 is 28.7 Å². The number of fused-ring (bicyclic) bond motifs is 3. The first-order valence-corrected chi connectivity index (χ1v) is 12.4. The fourth-order valence-corrected chi connectivity index (χ4v) is 5.40. The number of nitrogens with zero attached hydrogens (tertiary/aromatic N) is 4. The number of rotatable bonds is 5. The van der Waals surface area contributed by atoms with E-state index >= 15 is 0 Å². The van der Waals surface area contributed by atoms with Gasteiger partial charge in [-0.3, -0.25) is 14.3 Å². The zero-order chi connectivity index (χ0) is 26.5. The summed E-state index contributed by atoms with van der Waals surface area (Å²) in [5, 5.41) is 8.22. The molecular formula is C27H31FN6O3. The van der Waals surface area contributed by atoms with E-state index in [0.717, 1.165) is 11.1 Å². The van der Waals surface area contributed by atoms with Crippen molar-refractivity contribution in [3.8, 4) is 0 Å². The highest BCUT2D eigenvalue weighted by Crippen LogP contribution is 2.33. The maximum Gasteiger partial charge on any atom is 0.315 e. The molecule has 10 heteroatoms. The first-order valence-electron chi connectivity index (χ1n) is 12.4. The van der Waals surface area contributed by atoms with Crippen molar-refractivity contribution in [2.24, 2.45) is 11.1 Å². The van der Waals surface area contributed by atoms with Gasteiger partial charge < -0.3 is 20.9 Å². The molecule has 0 spiro atoms. The Labute approximate surface area is 214 Å². The fourth-order valence-electron chi connectivity index (χ4n) is 5.40. The first kappa shape index (κ1) is 24.7. The van der Waals surface area contributed by atoms with Crippen molar-refractivity contribution in [3.05, 3.63) is 65.6 Å². The van der Waals surface area contributed by atoms with Gasteiger partial charge in [-0.25, -0.2) is 9.18 Å². The van der Waals surface area contributed by atoms with Crippen molar-refractivity contribution in [1.82, 2.24) is 24.9 Å². The van der Waals surface area contributed by atoms with Gasteiger partial charge in [0.15, 0.2) is 5.69 Å². The highest BCUT2D eigenvalue weighted by atomic mass is 19.1. The summed E-state index contributed by atoms with van der Waals surface area (Å²) in [7, 11) is 0. The Morgan fingerprint density at radius 2 is 1.70 bits per heavy atom. The monoisotopic (exact) mass is 506 g/mol. The van der Waals surface area contributed by atoms with Gasteiger partial charge in [0.25, 0.3) is 5.91 Å². The maximum atomic E-state index is 13.7. The zero-order valence-electron chi connectivity index (χ0n) is 21.1. The molecule has 2 aliphatic rings. The van der Waals surface area contributed by atoms with Crippen LogP contribution < -0.4 is 11.1 Å². The summed E-state index contributed by atoms with van der Waals surface area (Å²) in [6, 6.07) is 12.1. The molecule has 3 N–H and O–H groups in total. The minimum Gasteiger partial charge on any atom is -0.351 e. The van der Waals surface area contributed by atoms with Crippen LogP contribution in [0.2, 0.25) is 0 Å². The molecular weight excluding hydrogens is 475 g/mol. The Morgan fingerprint density at radius 3 is 2.32 bits per heavy atom. The summed E-state index contributed by atoms with van der Waals surface area (Å²) < 4.78 is 15.1. The number of nitrogens with one attached hydrogen (secondary N) is 1. The number of piperazine rings is 1. The minimum atomic E-state index is -0.789. The molecule has 2 aromatic carbocycles. The summed E-state index contributed by atoms with van der Waals surface area (Å²) >= 11 is 0. The van der Waals surface area contributed by atoms with E-state index in [1.807, 2.05) is 45.0 Å². The number of para-hydroxylation sites is 1. The van der Waals surface area contributed by atoms with E-state index < -0.39 is 23.4 Å². The van der Waals surface area contributed by atoms with E-state index in [-0.39, 0.29) is 29.5 Å². The molecule has 2 fully saturated rings. The number of nitrogens with two attached hydrogens (primary N) is 1. The molecule has 37 heavy (non-hydrogen) atoms. The molecule has 3 aromatic rings. The molecule has 2 saturated heterocycles. The Hall–Kier alpha value is -3.95. The smallest absolute Gasteiger partial charge is 0.315 e.